The second kappa shape index (κ2) is 6.64. The lowest BCUT2D eigenvalue weighted by Crippen LogP contribution is -2.37. The van der Waals surface area contributed by atoms with Crippen molar-refractivity contribution in [3.8, 4) is 0 Å². The van der Waals surface area contributed by atoms with Crippen LogP contribution in [0.5, 0.6) is 0 Å². The van der Waals surface area contributed by atoms with Crippen LogP contribution in [0.3, 0.4) is 0 Å². The molecule has 0 radical (unpaired) electrons. The molecule has 0 N–H and O–H groups in total. The fourth-order valence-corrected chi connectivity index (χ4v) is 3.50. The average molecular weight is 267 g/mol. The zero-order valence-corrected chi connectivity index (χ0v) is 12.7. The van der Waals surface area contributed by atoms with Gasteiger partial charge in [-0.3, -0.25) is 4.90 Å². The quantitative estimate of drug-likeness (QED) is 0.789. The third-order valence-electron chi connectivity index (χ3n) is 3.93. The van der Waals surface area contributed by atoms with Gasteiger partial charge in [0.2, 0.25) is 0 Å². The zero-order chi connectivity index (χ0) is 13.0. The molecule has 1 aromatic rings. The molecular weight excluding hydrogens is 242 g/mol. The zero-order valence-electron chi connectivity index (χ0n) is 11.9. The van der Waals surface area contributed by atoms with Crippen molar-refractivity contribution in [1.29, 1.82) is 0 Å². The first-order valence-corrected chi connectivity index (χ1v) is 7.98. The summed E-state index contributed by atoms with van der Waals surface area (Å²) in [4.78, 5) is 9.72. The van der Waals surface area contributed by atoms with Gasteiger partial charge >= 0.3 is 0 Å². The Labute approximate surface area is 115 Å². The molecular formula is C14H25N3S. The molecule has 2 rings (SSSR count). The highest BCUT2D eigenvalue weighted by Crippen LogP contribution is 2.16. The second-order valence-corrected chi connectivity index (χ2v) is 6.13. The number of nitrogens with zero attached hydrogens (tertiary/aromatic N) is 3. The monoisotopic (exact) mass is 267 g/mol. The molecule has 3 nitrogen and oxygen atoms in total. The van der Waals surface area contributed by atoms with Gasteiger partial charge in [-0.2, -0.15) is 0 Å². The molecule has 0 aliphatic carbocycles. The van der Waals surface area contributed by atoms with Gasteiger partial charge in [0.25, 0.3) is 0 Å². The minimum atomic E-state index is 0.775. The molecule has 0 aromatic carbocycles. The van der Waals surface area contributed by atoms with Crippen molar-refractivity contribution in [1.82, 2.24) is 14.8 Å². The molecule has 0 saturated carbocycles. The highest BCUT2D eigenvalue weighted by Gasteiger charge is 2.25. The standard InChI is InChI=1S/C14H25N3S/c1-4-17(5-2)14-7-9-16(10-14)8-6-13-11-18-12(3)15-13/h11,14H,4-10H2,1-3H3/t14-/m0/s1. The Balaban J connectivity index is 1.76. The molecule has 18 heavy (non-hydrogen) atoms. The van der Waals surface area contributed by atoms with E-state index in [-0.39, 0.29) is 0 Å². The van der Waals surface area contributed by atoms with Crippen LogP contribution >= 0.6 is 11.3 Å². The minimum absolute atomic E-state index is 0.775. The summed E-state index contributed by atoms with van der Waals surface area (Å²) in [6.07, 6.45) is 2.44. The third kappa shape index (κ3) is 3.53. The van der Waals surface area contributed by atoms with Gasteiger partial charge in [-0.15, -0.1) is 11.3 Å². The van der Waals surface area contributed by atoms with Crippen LogP contribution in [0.2, 0.25) is 0 Å². The molecule has 1 aromatic heterocycles. The summed E-state index contributed by atoms with van der Waals surface area (Å²) in [6.45, 7) is 12.6. The van der Waals surface area contributed by atoms with Crippen molar-refractivity contribution in [2.75, 3.05) is 32.7 Å². The number of hydrogen-bond donors (Lipinski definition) is 0. The Kier molecular flexibility index (Phi) is 5.15. The highest BCUT2D eigenvalue weighted by molar-refractivity contribution is 7.09. The molecule has 4 heteroatoms. The van der Waals surface area contributed by atoms with Crippen molar-refractivity contribution in [2.45, 2.75) is 39.7 Å². The lowest BCUT2D eigenvalue weighted by atomic mass is 10.2. The number of hydrogen-bond acceptors (Lipinski definition) is 4. The van der Waals surface area contributed by atoms with Crippen LogP contribution in [0.4, 0.5) is 0 Å². The van der Waals surface area contributed by atoms with Crippen LogP contribution in [0.1, 0.15) is 31.0 Å². The maximum atomic E-state index is 4.54. The highest BCUT2D eigenvalue weighted by atomic mass is 32.1. The van der Waals surface area contributed by atoms with Crippen LogP contribution in [-0.4, -0.2) is 53.5 Å². The third-order valence-corrected chi connectivity index (χ3v) is 4.75. The number of thiazole rings is 1. The Hall–Kier alpha value is -0.450. The normalized spacial score (nSPS) is 21.0. The topological polar surface area (TPSA) is 19.4 Å². The van der Waals surface area contributed by atoms with E-state index >= 15 is 0 Å². The second-order valence-electron chi connectivity index (χ2n) is 5.07. The molecule has 102 valence electrons. The van der Waals surface area contributed by atoms with Crippen molar-refractivity contribution in [3.63, 3.8) is 0 Å². The minimum Gasteiger partial charge on any atom is -0.301 e. The number of likely N-dealkylation sites (tertiary alicyclic amines) is 1. The number of rotatable bonds is 6. The summed E-state index contributed by atoms with van der Waals surface area (Å²) in [6, 6.07) is 0.775. The van der Waals surface area contributed by atoms with Crippen molar-refractivity contribution < 1.29 is 0 Å². The van der Waals surface area contributed by atoms with Crippen LogP contribution < -0.4 is 0 Å². The summed E-state index contributed by atoms with van der Waals surface area (Å²) in [5.74, 6) is 0. The molecule has 0 amide bonds. The van der Waals surface area contributed by atoms with E-state index in [1.807, 2.05) is 0 Å². The van der Waals surface area contributed by atoms with Crippen LogP contribution in [0.15, 0.2) is 5.38 Å². The first kappa shape index (κ1) is 14.0. The molecule has 1 saturated heterocycles. The van der Waals surface area contributed by atoms with Crippen LogP contribution in [-0.2, 0) is 6.42 Å². The number of aryl methyl sites for hydroxylation is 1. The van der Waals surface area contributed by atoms with E-state index in [4.69, 9.17) is 0 Å². The Morgan fingerprint density at radius 1 is 1.44 bits per heavy atom. The maximum absolute atomic E-state index is 4.54. The summed E-state index contributed by atoms with van der Waals surface area (Å²) in [5, 5.41) is 3.39. The molecule has 0 bridgehead atoms. The van der Waals surface area contributed by atoms with Crippen molar-refractivity contribution >= 4 is 11.3 Å². The molecule has 1 fully saturated rings. The molecule has 1 atom stereocenters. The smallest absolute Gasteiger partial charge is 0.0897 e. The van der Waals surface area contributed by atoms with E-state index in [2.05, 4.69) is 40.9 Å². The summed E-state index contributed by atoms with van der Waals surface area (Å²) in [5.41, 5.74) is 1.27. The number of aromatic nitrogens is 1. The van der Waals surface area contributed by atoms with Gasteiger partial charge in [0.05, 0.1) is 10.7 Å². The SMILES string of the molecule is CCN(CC)[C@H]1CCN(CCc2csc(C)n2)C1. The van der Waals surface area contributed by atoms with Crippen LogP contribution in [0, 0.1) is 6.92 Å². The Morgan fingerprint density at radius 2 is 2.22 bits per heavy atom. The Bertz CT molecular complexity index is 360. The number of likely N-dealkylation sites (N-methyl/N-ethyl adjacent to an activating group) is 1. The lowest BCUT2D eigenvalue weighted by Gasteiger charge is -2.26. The molecule has 1 aliphatic rings. The fourth-order valence-electron chi connectivity index (χ4n) is 2.85. The van der Waals surface area contributed by atoms with Gasteiger partial charge in [0.1, 0.15) is 0 Å². The predicted octanol–water partition coefficient (Wildman–Crippen LogP) is 2.41. The van der Waals surface area contributed by atoms with Gasteiger partial charge in [-0.25, -0.2) is 4.98 Å². The van der Waals surface area contributed by atoms with Gasteiger partial charge < -0.3 is 4.90 Å². The molecule has 0 spiro atoms. The van der Waals surface area contributed by atoms with Gasteiger partial charge in [-0.1, -0.05) is 13.8 Å². The van der Waals surface area contributed by atoms with Crippen LogP contribution in [0.25, 0.3) is 0 Å². The van der Waals surface area contributed by atoms with Crippen molar-refractivity contribution in [3.05, 3.63) is 16.1 Å². The first-order chi connectivity index (χ1) is 8.72. The summed E-state index contributed by atoms with van der Waals surface area (Å²) in [7, 11) is 0. The summed E-state index contributed by atoms with van der Waals surface area (Å²) >= 11 is 1.76. The van der Waals surface area contributed by atoms with Gasteiger partial charge in [0, 0.05) is 30.9 Å². The van der Waals surface area contributed by atoms with E-state index in [0.29, 0.717) is 0 Å². The lowest BCUT2D eigenvalue weighted by molar-refractivity contribution is 0.211. The Morgan fingerprint density at radius 3 is 2.83 bits per heavy atom. The predicted molar refractivity (Wildman–Crippen MR) is 78.3 cm³/mol. The first-order valence-electron chi connectivity index (χ1n) is 7.10. The van der Waals surface area contributed by atoms with E-state index in [9.17, 15) is 0 Å². The average Bonchev–Trinajstić information content (AvgIpc) is 2.98. The van der Waals surface area contributed by atoms with E-state index in [1.54, 1.807) is 11.3 Å². The maximum Gasteiger partial charge on any atom is 0.0897 e. The van der Waals surface area contributed by atoms with E-state index in [0.717, 1.165) is 12.5 Å². The van der Waals surface area contributed by atoms with Gasteiger partial charge in [0.15, 0.2) is 0 Å². The summed E-state index contributed by atoms with van der Waals surface area (Å²) < 4.78 is 0. The largest absolute Gasteiger partial charge is 0.301 e. The molecule has 0 unspecified atom stereocenters. The fraction of sp³-hybridized carbons (Fsp3) is 0.786. The van der Waals surface area contributed by atoms with E-state index in [1.165, 1.54) is 49.8 Å². The molecule has 1 aliphatic heterocycles. The van der Waals surface area contributed by atoms with E-state index < -0.39 is 0 Å². The molecule has 2 heterocycles. The van der Waals surface area contributed by atoms with Crippen molar-refractivity contribution in [2.24, 2.45) is 0 Å². The van der Waals surface area contributed by atoms with Gasteiger partial charge in [-0.05, 0) is 33.0 Å².